The molecule has 2 heteroatoms. The minimum Gasteiger partial charge on any atom is -0.237 e. The Bertz CT molecular complexity index is 415. The minimum atomic E-state index is 0.137. The van der Waals surface area contributed by atoms with Gasteiger partial charge in [-0.15, -0.1) is 0 Å². The molecule has 0 saturated heterocycles. The van der Waals surface area contributed by atoms with Crippen molar-refractivity contribution in [2.45, 2.75) is 92.7 Å². The highest BCUT2D eigenvalue weighted by molar-refractivity contribution is 4.92. The molecule has 2 nitrogen and oxygen atoms in total. The van der Waals surface area contributed by atoms with Gasteiger partial charge in [-0.1, -0.05) is 47.5 Å². The number of hydrogen-bond donors (Lipinski definition) is 0. The van der Waals surface area contributed by atoms with Crippen molar-refractivity contribution in [1.82, 2.24) is 4.57 Å². The Labute approximate surface area is 132 Å². The van der Waals surface area contributed by atoms with Crippen molar-refractivity contribution in [2.75, 3.05) is 0 Å². The number of rotatable bonds is 9. The summed E-state index contributed by atoms with van der Waals surface area (Å²) in [4.78, 5) is 0. The molecule has 0 amide bonds. The fourth-order valence-corrected chi connectivity index (χ4v) is 2.83. The van der Waals surface area contributed by atoms with Crippen molar-refractivity contribution in [3.05, 3.63) is 18.7 Å². The Morgan fingerprint density at radius 1 is 1.10 bits per heavy atom. The molecule has 21 heavy (non-hydrogen) atoms. The summed E-state index contributed by atoms with van der Waals surface area (Å²) in [7, 11) is 0. The van der Waals surface area contributed by atoms with Crippen LogP contribution in [-0.4, -0.2) is 4.57 Å². The van der Waals surface area contributed by atoms with E-state index in [1.807, 2.05) is 0 Å². The van der Waals surface area contributed by atoms with Crippen LogP contribution < -0.4 is 4.57 Å². The van der Waals surface area contributed by atoms with Gasteiger partial charge in [0.05, 0.1) is 6.54 Å². The Hall–Kier alpha value is -0.790. The molecule has 1 unspecified atom stereocenters. The number of hydrogen-bond acceptors (Lipinski definition) is 0. The summed E-state index contributed by atoms with van der Waals surface area (Å²) in [6, 6.07) is 0. The third-order valence-electron chi connectivity index (χ3n) is 5.89. The maximum atomic E-state index is 2.41. The van der Waals surface area contributed by atoms with Crippen LogP contribution in [0.4, 0.5) is 0 Å². The molecular weight excluding hydrogens is 256 g/mol. The molecule has 0 bridgehead atoms. The topological polar surface area (TPSA) is 8.81 Å². The van der Waals surface area contributed by atoms with Gasteiger partial charge >= 0.3 is 0 Å². The molecule has 1 aromatic rings. The molecule has 0 N–H and O–H groups in total. The Morgan fingerprint density at radius 2 is 1.76 bits per heavy atom. The van der Waals surface area contributed by atoms with Crippen LogP contribution in [0.3, 0.4) is 0 Å². The Kier molecular flexibility index (Phi) is 6.49. The largest absolute Gasteiger partial charge is 0.244 e. The normalized spacial score (nSPS) is 14.4. The molecule has 1 atom stereocenters. The molecular formula is C19H37N2+. The van der Waals surface area contributed by atoms with Crippen molar-refractivity contribution in [3.8, 4) is 0 Å². The SMILES string of the molecule is CCCCC(CC)C[n+]1ccn(C(C)(C)C(C)(C)CC)c1. The minimum absolute atomic E-state index is 0.137. The first-order valence-corrected chi connectivity index (χ1v) is 8.86. The zero-order chi connectivity index (χ0) is 16.1. The second kappa shape index (κ2) is 7.47. The van der Waals surface area contributed by atoms with Crippen molar-refractivity contribution >= 4 is 0 Å². The molecule has 1 heterocycles. The van der Waals surface area contributed by atoms with Crippen molar-refractivity contribution in [1.29, 1.82) is 0 Å². The zero-order valence-corrected chi connectivity index (χ0v) is 15.4. The summed E-state index contributed by atoms with van der Waals surface area (Å²) >= 11 is 0. The quantitative estimate of drug-likeness (QED) is 0.556. The van der Waals surface area contributed by atoms with Crippen LogP contribution in [0.15, 0.2) is 18.7 Å². The van der Waals surface area contributed by atoms with Gasteiger partial charge in [0.25, 0.3) is 0 Å². The first-order valence-electron chi connectivity index (χ1n) is 8.86. The van der Waals surface area contributed by atoms with E-state index in [9.17, 15) is 0 Å². The van der Waals surface area contributed by atoms with Gasteiger partial charge in [0.2, 0.25) is 6.33 Å². The smallest absolute Gasteiger partial charge is 0.237 e. The third kappa shape index (κ3) is 4.34. The van der Waals surface area contributed by atoms with Crippen LogP contribution in [-0.2, 0) is 12.1 Å². The fraction of sp³-hybridized carbons (Fsp3) is 0.842. The molecule has 0 fully saturated rings. The van der Waals surface area contributed by atoms with E-state index in [4.69, 9.17) is 0 Å². The lowest BCUT2D eigenvalue weighted by Gasteiger charge is -2.38. The van der Waals surface area contributed by atoms with E-state index in [1.54, 1.807) is 0 Å². The Morgan fingerprint density at radius 3 is 2.29 bits per heavy atom. The highest BCUT2D eigenvalue weighted by Gasteiger charge is 2.41. The Balaban J connectivity index is 2.81. The molecule has 0 radical (unpaired) electrons. The molecule has 1 aromatic heterocycles. The molecule has 0 aliphatic carbocycles. The van der Waals surface area contributed by atoms with E-state index in [-0.39, 0.29) is 11.0 Å². The molecule has 0 aliphatic heterocycles. The summed E-state index contributed by atoms with van der Waals surface area (Å²) in [6.07, 6.45) is 13.3. The second-order valence-corrected chi connectivity index (χ2v) is 7.73. The molecule has 0 saturated carbocycles. The van der Waals surface area contributed by atoms with Crippen LogP contribution in [0, 0.1) is 11.3 Å². The average molecular weight is 294 g/mol. The second-order valence-electron chi connectivity index (χ2n) is 7.73. The van der Waals surface area contributed by atoms with Crippen LogP contribution in [0.25, 0.3) is 0 Å². The van der Waals surface area contributed by atoms with Gasteiger partial charge in [0.15, 0.2) is 0 Å². The van der Waals surface area contributed by atoms with E-state index in [0.717, 1.165) is 12.5 Å². The molecule has 0 spiro atoms. The first-order chi connectivity index (χ1) is 9.78. The van der Waals surface area contributed by atoms with Gasteiger partial charge in [-0.2, -0.15) is 0 Å². The number of imidazole rings is 1. The van der Waals surface area contributed by atoms with Gasteiger partial charge in [0, 0.05) is 5.41 Å². The van der Waals surface area contributed by atoms with Gasteiger partial charge in [-0.05, 0) is 39.0 Å². The molecule has 122 valence electrons. The van der Waals surface area contributed by atoms with Crippen LogP contribution in [0.5, 0.6) is 0 Å². The molecule has 0 aliphatic rings. The maximum Gasteiger partial charge on any atom is 0.244 e. The van der Waals surface area contributed by atoms with Gasteiger partial charge in [0.1, 0.15) is 17.9 Å². The van der Waals surface area contributed by atoms with E-state index >= 15 is 0 Å². The van der Waals surface area contributed by atoms with Gasteiger partial charge in [-0.3, -0.25) is 0 Å². The van der Waals surface area contributed by atoms with Crippen molar-refractivity contribution < 1.29 is 4.57 Å². The predicted molar refractivity (Wildman–Crippen MR) is 91.3 cm³/mol. The van der Waals surface area contributed by atoms with Crippen LogP contribution in [0.2, 0.25) is 0 Å². The van der Waals surface area contributed by atoms with Crippen LogP contribution in [0.1, 0.15) is 80.6 Å². The van der Waals surface area contributed by atoms with Gasteiger partial charge in [-0.25, -0.2) is 9.13 Å². The maximum absolute atomic E-state index is 2.41. The zero-order valence-electron chi connectivity index (χ0n) is 15.4. The summed E-state index contributed by atoms with van der Waals surface area (Å²) in [5.74, 6) is 0.813. The number of nitrogens with zero attached hydrogens (tertiary/aromatic N) is 2. The number of aromatic nitrogens is 2. The number of unbranched alkanes of at least 4 members (excludes halogenated alkanes) is 1. The summed E-state index contributed by atoms with van der Waals surface area (Å²) in [6.45, 7) is 17.5. The van der Waals surface area contributed by atoms with Crippen molar-refractivity contribution in [3.63, 3.8) is 0 Å². The lowest BCUT2D eigenvalue weighted by Crippen LogP contribution is -2.43. The predicted octanol–water partition coefficient (Wildman–Crippen LogP) is 5.16. The third-order valence-corrected chi connectivity index (χ3v) is 5.89. The standard InChI is InChI=1S/C19H37N2/c1-8-11-12-17(9-2)15-20-13-14-21(16-20)19(6,7)18(4,5)10-3/h13-14,16-17H,8-12,15H2,1-7H3/q+1. The lowest BCUT2D eigenvalue weighted by atomic mass is 9.72. The monoisotopic (exact) mass is 293 g/mol. The van der Waals surface area contributed by atoms with E-state index in [1.165, 1.54) is 32.1 Å². The van der Waals surface area contributed by atoms with E-state index in [0.29, 0.717) is 0 Å². The average Bonchev–Trinajstić information content (AvgIpc) is 2.92. The highest BCUT2D eigenvalue weighted by Crippen LogP contribution is 2.39. The highest BCUT2D eigenvalue weighted by atomic mass is 15.2. The van der Waals surface area contributed by atoms with Crippen LogP contribution >= 0.6 is 0 Å². The van der Waals surface area contributed by atoms with E-state index < -0.39 is 0 Å². The first kappa shape index (κ1) is 18.3. The summed E-state index contributed by atoms with van der Waals surface area (Å²) in [5, 5.41) is 0. The molecule has 1 rings (SSSR count). The fourth-order valence-electron chi connectivity index (χ4n) is 2.83. The summed E-state index contributed by atoms with van der Waals surface area (Å²) in [5.41, 5.74) is 0.425. The van der Waals surface area contributed by atoms with Gasteiger partial charge < -0.3 is 0 Å². The van der Waals surface area contributed by atoms with Crippen molar-refractivity contribution in [2.24, 2.45) is 11.3 Å². The van der Waals surface area contributed by atoms with E-state index in [2.05, 4.69) is 76.3 Å². The summed E-state index contributed by atoms with van der Waals surface area (Å²) < 4.78 is 4.79. The lowest BCUT2D eigenvalue weighted by molar-refractivity contribution is -0.703. The molecule has 0 aromatic carbocycles.